The highest BCUT2D eigenvalue weighted by molar-refractivity contribution is 6.33. The number of benzene rings is 1. The molecule has 1 saturated heterocycles. The fraction of sp³-hybridized carbons (Fsp3) is 0.615. The molecule has 0 amide bonds. The molecule has 2 spiro atoms. The van der Waals surface area contributed by atoms with Gasteiger partial charge in [-0.2, -0.15) is 13.2 Å². The monoisotopic (exact) mass is 699 g/mol. The second kappa shape index (κ2) is 11.0. The smallest absolute Gasteiger partial charge is 0.416 e. The van der Waals surface area contributed by atoms with Gasteiger partial charge >= 0.3 is 6.18 Å². The average molecular weight is 700 g/mol. The van der Waals surface area contributed by atoms with Gasteiger partial charge in [-0.1, -0.05) is 43.7 Å². The lowest BCUT2D eigenvalue weighted by atomic mass is 9.32. The van der Waals surface area contributed by atoms with Crippen molar-refractivity contribution in [3.8, 4) is 11.3 Å². The summed E-state index contributed by atoms with van der Waals surface area (Å²) in [6.45, 7) is 5.90. The number of Topliss-reactive ketones (excluding diaryl/α,β-unsaturated/α-hetero) is 1. The Kier molecular flexibility index (Phi) is 7.59. The highest BCUT2D eigenvalue weighted by Crippen LogP contribution is 2.78. The van der Waals surface area contributed by atoms with Crippen LogP contribution in [0.4, 0.5) is 13.2 Å². The number of fused-ring (bicyclic) bond motifs is 1. The highest BCUT2D eigenvalue weighted by atomic mass is 35.5. The molecule has 6 nitrogen and oxygen atoms in total. The zero-order valence-corrected chi connectivity index (χ0v) is 28.8. The van der Waals surface area contributed by atoms with E-state index in [1.54, 1.807) is 0 Å². The molecule has 264 valence electrons. The molecule has 9 atom stereocenters. The zero-order valence-electron chi connectivity index (χ0n) is 28.0. The summed E-state index contributed by atoms with van der Waals surface area (Å²) in [6, 6.07) is 6.10. The highest BCUT2D eigenvalue weighted by Gasteiger charge is 2.74. The molecule has 2 bridgehead atoms. The number of likely N-dealkylation sites (tertiary alicyclic amines) is 1. The summed E-state index contributed by atoms with van der Waals surface area (Å²) in [5.41, 5.74) is -3.16. The van der Waals surface area contributed by atoms with Gasteiger partial charge in [0.05, 0.1) is 28.9 Å². The van der Waals surface area contributed by atoms with Crippen molar-refractivity contribution in [1.82, 2.24) is 4.90 Å². The van der Waals surface area contributed by atoms with Gasteiger partial charge in [0.25, 0.3) is 0 Å². The molecule has 7 aliphatic rings. The maximum atomic E-state index is 14.9. The molecule has 1 aliphatic heterocycles. The largest absolute Gasteiger partial charge is 0.453 e. The molecule has 2 aromatic rings. The fourth-order valence-electron chi connectivity index (χ4n) is 11.9. The maximum absolute atomic E-state index is 14.9. The van der Waals surface area contributed by atoms with E-state index >= 15 is 0 Å². The molecule has 1 aromatic heterocycles. The number of aliphatic hydroxyl groups excluding tert-OH is 2. The number of carbonyl (C=O) groups is 1. The summed E-state index contributed by atoms with van der Waals surface area (Å²) in [5.74, 6) is -0.174. The van der Waals surface area contributed by atoms with E-state index in [9.17, 15) is 33.3 Å². The normalized spacial score (nSPS) is 41.4. The van der Waals surface area contributed by atoms with Crippen molar-refractivity contribution in [1.29, 1.82) is 0 Å². The van der Waals surface area contributed by atoms with Crippen LogP contribution in [0.5, 0.6) is 0 Å². The Hall–Kier alpha value is -2.43. The third-order valence-corrected chi connectivity index (χ3v) is 14.8. The van der Waals surface area contributed by atoms with Crippen LogP contribution in [0.1, 0.15) is 87.8 Å². The van der Waals surface area contributed by atoms with Crippen LogP contribution in [0.15, 0.2) is 58.6 Å². The quantitative estimate of drug-likeness (QED) is 0.210. The van der Waals surface area contributed by atoms with E-state index < -0.39 is 39.7 Å². The van der Waals surface area contributed by atoms with Crippen molar-refractivity contribution >= 4 is 17.4 Å². The molecule has 1 unspecified atom stereocenters. The standard InChI is InChI=1S/C39H45ClF3NO5/c1-34-12-9-25(46)19-36(34)15-16-38(31(34)10-13-35(2)32(38)11-14-37(35,48)22-44-17-3-4-24(44)21-45)27(20-36)33(47)30-8-7-29(49-30)26-18-23(39(41,42)43)5-6-28(26)40/h5-8,15-16,18,20,24-25,31-32,45-46,48H,3-4,9-14,17,19,21-22H2,1-2H3/t24-,25?,31+,32+,34+,35-,36-,37+,38+/m0/s1. The number of hydrogen-bond acceptors (Lipinski definition) is 6. The summed E-state index contributed by atoms with van der Waals surface area (Å²) >= 11 is 6.35. The first kappa shape index (κ1) is 33.7. The number of ketones is 1. The fourth-order valence-corrected chi connectivity index (χ4v) is 12.1. The number of aliphatic hydroxyl groups is 3. The summed E-state index contributed by atoms with van der Waals surface area (Å²) in [4.78, 5) is 17.1. The van der Waals surface area contributed by atoms with Gasteiger partial charge in [-0.05, 0) is 112 Å². The first-order valence-electron chi connectivity index (χ1n) is 17.8. The SMILES string of the molecule is C[C@]12CC[C@H]3[C@]4(C=C[C@@]5(C=C4C(=O)c4ccc(-c6cc(C(F)(F)F)ccc6Cl)o4)CC(O)CC[C@]35C)[C@@H]1CC[C@@]2(O)CN1CCC[C@H]1CO. The van der Waals surface area contributed by atoms with Crippen LogP contribution >= 0.6 is 11.6 Å². The number of carbonyl (C=O) groups excluding carboxylic acids is 1. The summed E-state index contributed by atoms with van der Waals surface area (Å²) < 4.78 is 46.8. The van der Waals surface area contributed by atoms with E-state index in [0.717, 1.165) is 57.2 Å². The maximum Gasteiger partial charge on any atom is 0.416 e. The summed E-state index contributed by atoms with van der Waals surface area (Å²) in [6.07, 6.45) is 8.35. The Morgan fingerprint density at radius 2 is 1.76 bits per heavy atom. The number of β-amino-alcohol motifs (C(OH)–C–C–N with tert-alkyl or cyclic N) is 1. The van der Waals surface area contributed by atoms with Crippen LogP contribution in [-0.2, 0) is 6.18 Å². The predicted molar refractivity (Wildman–Crippen MR) is 179 cm³/mol. The lowest BCUT2D eigenvalue weighted by Gasteiger charge is -2.71. The van der Waals surface area contributed by atoms with Crippen molar-refractivity contribution in [3.05, 3.63) is 70.5 Å². The van der Waals surface area contributed by atoms with Crippen molar-refractivity contribution in [2.24, 2.45) is 33.5 Å². The Labute approximate surface area is 290 Å². The third-order valence-electron chi connectivity index (χ3n) is 14.5. The van der Waals surface area contributed by atoms with Crippen molar-refractivity contribution in [3.63, 3.8) is 0 Å². The topological polar surface area (TPSA) is 94.1 Å². The van der Waals surface area contributed by atoms with Crippen LogP contribution in [-0.4, -0.2) is 63.4 Å². The number of alkyl halides is 3. The molecule has 49 heavy (non-hydrogen) atoms. The third kappa shape index (κ3) is 4.57. The van der Waals surface area contributed by atoms with Gasteiger partial charge in [0.2, 0.25) is 5.78 Å². The Balaban J connectivity index is 1.22. The number of nitrogens with zero attached hydrogens (tertiary/aromatic N) is 1. The Morgan fingerprint density at radius 1 is 1.02 bits per heavy atom. The molecule has 9 rings (SSSR count). The van der Waals surface area contributed by atoms with Crippen molar-refractivity contribution < 1.29 is 37.7 Å². The van der Waals surface area contributed by atoms with Gasteiger partial charge in [-0.3, -0.25) is 9.69 Å². The molecule has 10 heteroatoms. The number of rotatable bonds is 6. The van der Waals surface area contributed by atoms with Gasteiger partial charge in [0.1, 0.15) is 5.76 Å². The molecule has 6 aliphatic carbocycles. The van der Waals surface area contributed by atoms with Crippen molar-refractivity contribution in [2.45, 2.75) is 95.6 Å². The molecular formula is C39H45ClF3NO5. The van der Waals surface area contributed by atoms with Crippen LogP contribution in [0.2, 0.25) is 5.02 Å². The molecule has 3 saturated carbocycles. The predicted octanol–water partition coefficient (Wildman–Crippen LogP) is 7.85. The van der Waals surface area contributed by atoms with Gasteiger partial charge in [0.15, 0.2) is 5.76 Å². The van der Waals surface area contributed by atoms with E-state index in [4.69, 9.17) is 16.0 Å². The minimum absolute atomic E-state index is 0.0293. The van der Waals surface area contributed by atoms with Crippen LogP contribution in [0.25, 0.3) is 11.3 Å². The zero-order chi connectivity index (χ0) is 34.8. The van der Waals surface area contributed by atoms with Crippen LogP contribution < -0.4 is 0 Å². The lowest BCUT2D eigenvalue weighted by molar-refractivity contribution is -0.177. The molecule has 2 heterocycles. The minimum Gasteiger partial charge on any atom is -0.453 e. The molecule has 0 radical (unpaired) electrons. The Morgan fingerprint density at radius 3 is 2.51 bits per heavy atom. The van der Waals surface area contributed by atoms with E-state index in [1.165, 1.54) is 18.2 Å². The Bertz CT molecular complexity index is 1750. The summed E-state index contributed by atoms with van der Waals surface area (Å²) in [5, 5.41) is 33.8. The minimum atomic E-state index is -4.57. The number of furan rings is 1. The summed E-state index contributed by atoms with van der Waals surface area (Å²) in [7, 11) is 0. The molecule has 3 N–H and O–H groups in total. The number of hydrogen-bond donors (Lipinski definition) is 3. The first-order chi connectivity index (χ1) is 23.1. The van der Waals surface area contributed by atoms with E-state index in [0.29, 0.717) is 31.4 Å². The van der Waals surface area contributed by atoms with Gasteiger partial charge < -0.3 is 19.7 Å². The second-order valence-electron chi connectivity index (χ2n) is 16.4. The first-order valence-corrected chi connectivity index (χ1v) is 18.2. The number of allylic oxidation sites excluding steroid dienone is 4. The second-order valence-corrected chi connectivity index (χ2v) is 16.9. The molecule has 1 aromatic carbocycles. The van der Waals surface area contributed by atoms with Crippen molar-refractivity contribution in [2.75, 3.05) is 19.7 Å². The van der Waals surface area contributed by atoms with E-state index in [2.05, 4.69) is 37.0 Å². The van der Waals surface area contributed by atoms with Crippen LogP contribution in [0.3, 0.4) is 0 Å². The van der Waals surface area contributed by atoms with Gasteiger partial charge in [-0.25, -0.2) is 0 Å². The average Bonchev–Trinajstić information content (AvgIpc) is 3.78. The van der Waals surface area contributed by atoms with E-state index in [1.807, 2.05) is 0 Å². The van der Waals surface area contributed by atoms with Crippen LogP contribution in [0, 0.1) is 33.5 Å². The van der Waals surface area contributed by atoms with E-state index in [-0.39, 0.29) is 57.8 Å². The number of halogens is 4. The molecular weight excluding hydrogens is 655 g/mol. The molecule has 4 fully saturated rings. The lowest BCUT2D eigenvalue weighted by Crippen LogP contribution is -2.67. The van der Waals surface area contributed by atoms with Gasteiger partial charge in [0, 0.05) is 40.0 Å². The van der Waals surface area contributed by atoms with Gasteiger partial charge in [-0.15, -0.1) is 0 Å².